The summed E-state index contributed by atoms with van der Waals surface area (Å²) >= 11 is 0. The summed E-state index contributed by atoms with van der Waals surface area (Å²) in [5.74, 6) is -0.0365. The van der Waals surface area contributed by atoms with Gasteiger partial charge in [-0.3, -0.25) is 4.79 Å². The van der Waals surface area contributed by atoms with Crippen molar-refractivity contribution in [1.29, 1.82) is 0 Å². The van der Waals surface area contributed by atoms with E-state index in [1.54, 1.807) is 30.5 Å². The fourth-order valence-corrected chi connectivity index (χ4v) is 2.57. The molecule has 0 saturated carbocycles. The van der Waals surface area contributed by atoms with E-state index >= 15 is 0 Å². The first-order valence-electron chi connectivity index (χ1n) is 6.51. The maximum atomic E-state index is 12.1. The van der Waals surface area contributed by atoms with Crippen LogP contribution in [0.5, 0.6) is 5.75 Å². The van der Waals surface area contributed by atoms with Gasteiger partial charge in [0.1, 0.15) is 11.4 Å². The highest BCUT2D eigenvalue weighted by Crippen LogP contribution is 2.36. The molecule has 0 bridgehead atoms. The molecule has 1 aromatic carbocycles. The van der Waals surface area contributed by atoms with Crippen LogP contribution in [0, 0.1) is 0 Å². The quantitative estimate of drug-likeness (QED) is 0.473. The van der Waals surface area contributed by atoms with Crippen molar-refractivity contribution in [1.82, 2.24) is 9.97 Å². The van der Waals surface area contributed by atoms with E-state index in [4.69, 9.17) is 0 Å². The van der Waals surface area contributed by atoms with Crippen molar-refractivity contribution >= 4 is 34.3 Å². The summed E-state index contributed by atoms with van der Waals surface area (Å²) in [4.78, 5) is 19.4. The van der Waals surface area contributed by atoms with E-state index in [2.05, 4.69) is 15.3 Å². The zero-order chi connectivity index (χ0) is 14.4. The van der Waals surface area contributed by atoms with Gasteiger partial charge in [0.15, 0.2) is 0 Å². The number of fused-ring (bicyclic) bond motifs is 2. The Hall–Kier alpha value is -3.08. The van der Waals surface area contributed by atoms with Gasteiger partial charge in [-0.1, -0.05) is 0 Å². The minimum atomic E-state index is -0.172. The standard InChI is InChI=1S/C16H11N3O2/c20-10-3-4-14-12(7-10)13(16(21)19-14)6-9-8-18-15-11(9)2-1-5-17-15/h1-8,20H,(H,17,18)(H,19,21)/b13-6-. The van der Waals surface area contributed by atoms with Crippen molar-refractivity contribution in [2.45, 2.75) is 0 Å². The Bertz CT molecular complexity index is 909. The van der Waals surface area contributed by atoms with Crippen LogP contribution in [0.2, 0.25) is 0 Å². The average Bonchev–Trinajstić information content (AvgIpc) is 3.02. The van der Waals surface area contributed by atoms with Crippen LogP contribution in [-0.2, 0) is 4.79 Å². The van der Waals surface area contributed by atoms with Gasteiger partial charge in [-0.2, -0.15) is 0 Å². The van der Waals surface area contributed by atoms with Crippen LogP contribution < -0.4 is 5.32 Å². The molecule has 1 amide bonds. The summed E-state index contributed by atoms with van der Waals surface area (Å²) in [5.41, 5.74) is 3.62. The monoisotopic (exact) mass is 277 g/mol. The van der Waals surface area contributed by atoms with E-state index in [1.165, 1.54) is 0 Å². The highest BCUT2D eigenvalue weighted by Gasteiger charge is 2.24. The highest BCUT2D eigenvalue weighted by molar-refractivity contribution is 6.35. The van der Waals surface area contributed by atoms with Crippen molar-refractivity contribution in [3.8, 4) is 5.75 Å². The summed E-state index contributed by atoms with van der Waals surface area (Å²) < 4.78 is 0. The molecule has 3 heterocycles. The summed E-state index contributed by atoms with van der Waals surface area (Å²) in [6, 6.07) is 8.64. The highest BCUT2D eigenvalue weighted by atomic mass is 16.3. The number of carbonyl (C=O) groups excluding carboxylic acids is 1. The number of pyridine rings is 1. The number of nitrogens with one attached hydrogen (secondary N) is 2. The predicted octanol–water partition coefficient (Wildman–Crippen LogP) is 2.76. The van der Waals surface area contributed by atoms with Gasteiger partial charge in [0.25, 0.3) is 5.91 Å². The van der Waals surface area contributed by atoms with Gasteiger partial charge in [0, 0.05) is 40.2 Å². The second-order valence-electron chi connectivity index (χ2n) is 4.89. The smallest absolute Gasteiger partial charge is 0.256 e. The zero-order valence-electron chi connectivity index (χ0n) is 10.9. The van der Waals surface area contributed by atoms with Crippen LogP contribution >= 0.6 is 0 Å². The maximum Gasteiger partial charge on any atom is 0.256 e. The van der Waals surface area contributed by atoms with Gasteiger partial charge < -0.3 is 15.4 Å². The lowest BCUT2D eigenvalue weighted by atomic mass is 10.0. The molecule has 0 saturated heterocycles. The van der Waals surface area contributed by atoms with Crippen molar-refractivity contribution in [2.75, 3.05) is 5.32 Å². The Labute approximate surface area is 120 Å². The topological polar surface area (TPSA) is 78.0 Å². The third kappa shape index (κ3) is 1.79. The van der Waals surface area contributed by atoms with Gasteiger partial charge in [0.2, 0.25) is 0 Å². The lowest BCUT2D eigenvalue weighted by Gasteiger charge is -1.99. The summed E-state index contributed by atoms with van der Waals surface area (Å²) in [7, 11) is 0. The molecule has 0 atom stereocenters. The van der Waals surface area contributed by atoms with E-state index in [9.17, 15) is 9.90 Å². The molecule has 5 nitrogen and oxygen atoms in total. The molecule has 0 aliphatic carbocycles. The first-order chi connectivity index (χ1) is 10.2. The number of anilines is 1. The second kappa shape index (κ2) is 4.21. The van der Waals surface area contributed by atoms with Crippen LogP contribution in [-0.4, -0.2) is 21.0 Å². The molecule has 0 radical (unpaired) electrons. The number of amides is 1. The first-order valence-corrected chi connectivity index (χ1v) is 6.51. The number of benzene rings is 1. The van der Waals surface area contributed by atoms with Crippen molar-refractivity contribution in [3.05, 3.63) is 53.9 Å². The molecule has 0 unspecified atom stereocenters. The second-order valence-corrected chi connectivity index (χ2v) is 4.89. The number of aromatic hydroxyl groups is 1. The third-order valence-electron chi connectivity index (χ3n) is 3.57. The molecule has 1 aliphatic heterocycles. The lowest BCUT2D eigenvalue weighted by molar-refractivity contribution is -0.110. The lowest BCUT2D eigenvalue weighted by Crippen LogP contribution is -2.03. The van der Waals surface area contributed by atoms with E-state index < -0.39 is 0 Å². The molecule has 3 aromatic rings. The number of hydrogen-bond donors (Lipinski definition) is 3. The molecule has 21 heavy (non-hydrogen) atoms. The average molecular weight is 277 g/mol. The SMILES string of the molecule is O=C1Nc2ccc(O)cc2/C1=C/c1c[nH]c2ncccc12. The normalized spacial score (nSPS) is 15.4. The van der Waals surface area contributed by atoms with Crippen molar-refractivity contribution in [3.63, 3.8) is 0 Å². The number of rotatable bonds is 1. The van der Waals surface area contributed by atoms with E-state index in [0.29, 0.717) is 16.8 Å². The molecule has 2 aromatic heterocycles. The molecular formula is C16H11N3O2. The number of carbonyl (C=O) groups is 1. The summed E-state index contributed by atoms with van der Waals surface area (Å²) in [6.45, 7) is 0. The molecule has 0 spiro atoms. The number of aromatic nitrogens is 2. The van der Waals surface area contributed by atoms with Crippen LogP contribution in [0.25, 0.3) is 22.7 Å². The Morgan fingerprint density at radius 2 is 2.14 bits per heavy atom. The van der Waals surface area contributed by atoms with Crippen LogP contribution in [0.3, 0.4) is 0 Å². The van der Waals surface area contributed by atoms with E-state index in [0.717, 1.165) is 16.6 Å². The largest absolute Gasteiger partial charge is 0.508 e. The molecule has 1 aliphatic rings. The minimum Gasteiger partial charge on any atom is -0.508 e. The molecular weight excluding hydrogens is 266 g/mol. The predicted molar refractivity (Wildman–Crippen MR) is 80.7 cm³/mol. The van der Waals surface area contributed by atoms with E-state index in [-0.39, 0.29) is 11.7 Å². The molecule has 4 rings (SSSR count). The first kappa shape index (κ1) is 11.7. The number of H-pyrrole nitrogens is 1. The van der Waals surface area contributed by atoms with Crippen LogP contribution in [0.4, 0.5) is 5.69 Å². The Kier molecular flexibility index (Phi) is 2.35. The van der Waals surface area contributed by atoms with Gasteiger partial charge in [-0.25, -0.2) is 4.98 Å². The number of aromatic amines is 1. The van der Waals surface area contributed by atoms with Gasteiger partial charge in [-0.15, -0.1) is 0 Å². The zero-order valence-corrected chi connectivity index (χ0v) is 10.9. The fourth-order valence-electron chi connectivity index (χ4n) is 2.57. The molecule has 5 heteroatoms. The Morgan fingerprint density at radius 1 is 1.24 bits per heavy atom. The molecule has 0 fully saturated rings. The van der Waals surface area contributed by atoms with Gasteiger partial charge >= 0.3 is 0 Å². The van der Waals surface area contributed by atoms with Crippen LogP contribution in [0.15, 0.2) is 42.7 Å². The number of phenols is 1. The Balaban J connectivity index is 1.90. The number of hydrogen-bond acceptors (Lipinski definition) is 3. The van der Waals surface area contributed by atoms with Crippen LogP contribution in [0.1, 0.15) is 11.1 Å². The molecule has 102 valence electrons. The fraction of sp³-hybridized carbons (Fsp3) is 0. The van der Waals surface area contributed by atoms with Crippen molar-refractivity contribution in [2.24, 2.45) is 0 Å². The van der Waals surface area contributed by atoms with Gasteiger partial charge in [0.05, 0.1) is 0 Å². The van der Waals surface area contributed by atoms with E-state index in [1.807, 2.05) is 18.3 Å². The summed E-state index contributed by atoms with van der Waals surface area (Å²) in [5, 5.41) is 13.4. The minimum absolute atomic E-state index is 0.136. The molecule has 3 N–H and O–H groups in total. The Morgan fingerprint density at radius 3 is 3.05 bits per heavy atom. The third-order valence-corrected chi connectivity index (χ3v) is 3.57. The van der Waals surface area contributed by atoms with Gasteiger partial charge in [-0.05, 0) is 36.4 Å². The number of nitrogens with zero attached hydrogens (tertiary/aromatic N) is 1. The number of phenolic OH excluding ortho intramolecular Hbond substituents is 1. The summed E-state index contributed by atoms with van der Waals surface area (Å²) in [6.07, 6.45) is 5.34. The van der Waals surface area contributed by atoms with Crippen molar-refractivity contribution < 1.29 is 9.90 Å². The maximum absolute atomic E-state index is 12.1.